The van der Waals surface area contributed by atoms with E-state index in [0.717, 1.165) is 17.5 Å². The van der Waals surface area contributed by atoms with Gasteiger partial charge in [0.05, 0.1) is 7.11 Å². The summed E-state index contributed by atoms with van der Waals surface area (Å²) in [5.74, 6) is -2.58. The van der Waals surface area contributed by atoms with Crippen molar-refractivity contribution >= 4 is 22.0 Å². The molecule has 0 aliphatic rings. The van der Waals surface area contributed by atoms with Crippen LogP contribution < -0.4 is 0 Å². The molecule has 0 aliphatic heterocycles. The van der Waals surface area contributed by atoms with Crippen LogP contribution in [0.15, 0.2) is 15.4 Å². The van der Waals surface area contributed by atoms with Gasteiger partial charge in [0.2, 0.25) is 15.8 Å². The molecule has 0 atom stereocenters. The van der Waals surface area contributed by atoms with Gasteiger partial charge in [-0.05, 0) is 13.3 Å². The number of rotatable bonds is 7. The highest BCUT2D eigenvalue weighted by atomic mass is 32.2. The van der Waals surface area contributed by atoms with Crippen LogP contribution in [0.4, 0.5) is 0 Å². The van der Waals surface area contributed by atoms with Gasteiger partial charge in [-0.3, -0.25) is 4.79 Å². The second-order valence-electron chi connectivity index (χ2n) is 4.25. The molecule has 0 fully saturated rings. The summed E-state index contributed by atoms with van der Waals surface area (Å²) in [5.41, 5.74) is 0. The molecule has 0 radical (unpaired) electrons. The van der Waals surface area contributed by atoms with Crippen molar-refractivity contribution in [3.05, 3.63) is 17.6 Å². The molecule has 1 N–H and O–H groups in total. The molecular formula is C12H17NO7S. The molecule has 0 saturated carbocycles. The molecule has 1 rings (SSSR count). The molecule has 1 aromatic heterocycles. The van der Waals surface area contributed by atoms with Crippen LogP contribution in [0.5, 0.6) is 0 Å². The molecule has 0 amide bonds. The van der Waals surface area contributed by atoms with E-state index in [0.29, 0.717) is 6.42 Å². The molecule has 1 heterocycles. The number of hydrogen-bond donors (Lipinski definition) is 1. The summed E-state index contributed by atoms with van der Waals surface area (Å²) >= 11 is 0. The number of furan rings is 1. The third-order valence-corrected chi connectivity index (χ3v) is 4.66. The van der Waals surface area contributed by atoms with Crippen molar-refractivity contribution < 1.29 is 32.3 Å². The lowest BCUT2D eigenvalue weighted by Gasteiger charge is -2.19. The minimum Gasteiger partial charge on any atom is -0.475 e. The first-order valence-corrected chi connectivity index (χ1v) is 7.58. The van der Waals surface area contributed by atoms with Crippen LogP contribution in [0.2, 0.25) is 0 Å². The summed E-state index contributed by atoms with van der Waals surface area (Å²) in [5, 5.41) is 8.84. The van der Waals surface area contributed by atoms with Gasteiger partial charge in [-0.15, -0.1) is 0 Å². The normalized spacial score (nSPS) is 11.6. The van der Waals surface area contributed by atoms with Crippen molar-refractivity contribution in [1.29, 1.82) is 0 Å². The third kappa shape index (κ3) is 3.82. The quantitative estimate of drug-likeness (QED) is 0.741. The lowest BCUT2D eigenvalue weighted by molar-refractivity contribution is -0.140. The van der Waals surface area contributed by atoms with E-state index in [1.165, 1.54) is 6.92 Å². The Kier molecular flexibility index (Phi) is 5.50. The van der Waals surface area contributed by atoms with Crippen LogP contribution in [-0.4, -0.2) is 50.0 Å². The zero-order chi connectivity index (χ0) is 16.2. The highest BCUT2D eigenvalue weighted by molar-refractivity contribution is 7.89. The number of hydrogen-bond acceptors (Lipinski definition) is 6. The van der Waals surface area contributed by atoms with Crippen LogP contribution in [-0.2, 0) is 19.6 Å². The number of aryl methyl sites for hydroxylation is 1. The number of ether oxygens (including phenoxy) is 1. The van der Waals surface area contributed by atoms with Crippen molar-refractivity contribution in [2.45, 2.75) is 25.2 Å². The van der Waals surface area contributed by atoms with E-state index in [1.54, 1.807) is 6.92 Å². The zero-order valence-electron chi connectivity index (χ0n) is 12.0. The van der Waals surface area contributed by atoms with Crippen molar-refractivity contribution in [3.63, 3.8) is 0 Å². The van der Waals surface area contributed by atoms with Crippen LogP contribution in [0.25, 0.3) is 0 Å². The summed E-state index contributed by atoms with van der Waals surface area (Å²) in [6, 6.07) is 0.937. The minimum atomic E-state index is -4.04. The van der Waals surface area contributed by atoms with Gasteiger partial charge in [-0.2, -0.15) is 4.31 Å². The smallest absolute Gasteiger partial charge is 0.371 e. The van der Waals surface area contributed by atoms with Crippen LogP contribution in [0.1, 0.15) is 29.7 Å². The fourth-order valence-electron chi connectivity index (χ4n) is 1.71. The van der Waals surface area contributed by atoms with Gasteiger partial charge >= 0.3 is 11.9 Å². The Morgan fingerprint density at radius 1 is 1.43 bits per heavy atom. The van der Waals surface area contributed by atoms with E-state index < -0.39 is 34.3 Å². The fraction of sp³-hybridized carbons (Fsp3) is 0.500. The molecule has 0 unspecified atom stereocenters. The number of methoxy groups -OCH3 is 1. The molecule has 9 heteroatoms. The van der Waals surface area contributed by atoms with Crippen molar-refractivity contribution in [2.24, 2.45) is 0 Å². The molecule has 0 saturated heterocycles. The Bertz CT molecular complexity index is 632. The average molecular weight is 319 g/mol. The fourth-order valence-corrected chi connectivity index (χ4v) is 3.35. The molecule has 8 nitrogen and oxygen atoms in total. The van der Waals surface area contributed by atoms with Gasteiger partial charge in [-0.1, -0.05) is 6.92 Å². The molecule has 21 heavy (non-hydrogen) atoms. The number of nitrogens with zero attached hydrogens (tertiary/aromatic N) is 1. The predicted octanol–water partition coefficient (Wildman–Crippen LogP) is 0.860. The van der Waals surface area contributed by atoms with Gasteiger partial charge < -0.3 is 14.3 Å². The largest absolute Gasteiger partial charge is 0.475 e. The number of aromatic carboxylic acids is 1. The van der Waals surface area contributed by atoms with Crippen LogP contribution in [0, 0.1) is 6.92 Å². The molecule has 0 bridgehead atoms. The molecular weight excluding hydrogens is 302 g/mol. The average Bonchev–Trinajstić information content (AvgIpc) is 2.81. The minimum absolute atomic E-state index is 0.0432. The van der Waals surface area contributed by atoms with Gasteiger partial charge in [0, 0.05) is 12.6 Å². The number of carbonyl (C=O) groups is 2. The Morgan fingerprint density at radius 2 is 2.05 bits per heavy atom. The first kappa shape index (κ1) is 17.2. The number of sulfonamides is 1. The first-order valence-electron chi connectivity index (χ1n) is 6.14. The molecule has 0 aromatic carbocycles. The summed E-state index contributed by atoms with van der Waals surface area (Å²) in [6.07, 6.45) is 0.485. The molecule has 118 valence electrons. The third-order valence-electron chi connectivity index (χ3n) is 2.71. The standard InChI is InChI=1S/C12H17NO7S/c1-4-5-13(7-11(14)19-3)21(17,18)10-6-9(12(15)16)20-8(10)2/h6H,4-5,7H2,1-3H3,(H,15,16). The predicted molar refractivity (Wildman–Crippen MR) is 71.5 cm³/mol. The molecule has 1 aromatic rings. The van der Waals surface area contributed by atoms with Gasteiger partial charge in [0.1, 0.15) is 17.2 Å². The van der Waals surface area contributed by atoms with E-state index in [1.807, 2.05) is 0 Å². The Hall–Kier alpha value is -1.87. The Labute approximate surface area is 122 Å². The number of carboxylic acids is 1. The van der Waals surface area contributed by atoms with Crippen molar-refractivity contribution in [2.75, 3.05) is 20.2 Å². The van der Waals surface area contributed by atoms with Gasteiger partial charge in [0.25, 0.3) is 0 Å². The second kappa shape index (κ2) is 6.72. The van der Waals surface area contributed by atoms with E-state index in [2.05, 4.69) is 4.74 Å². The van der Waals surface area contributed by atoms with Gasteiger partial charge in [0.15, 0.2) is 0 Å². The van der Waals surface area contributed by atoms with Gasteiger partial charge in [-0.25, -0.2) is 13.2 Å². The van der Waals surface area contributed by atoms with E-state index in [-0.39, 0.29) is 17.2 Å². The highest BCUT2D eigenvalue weighted by Crippen LogP contribution is 2.24. The zero-order valence-corrected chi connectivity index (χ0v) is 12.8. The topological polar surface area (TPSA) is 114 Å². The Morgan fingerprint density at radius 3 is 2.48 bits per heavy atom. The van der Waals surface area contributed by atoms with Crippen molar-refractivity contribution in [1.82, 2.24) is 4.31 Å². The highest BCUT2D eigenvalue weighted by Gasteiger charge is 2.31. The molecule has 0 aliphatic carbocycles. The summed E-state index contributed by atoms with van der Waals surface area (Å²) < 4.78 is 35.3. The first-order chi connectivity index (χ1) is 9.73. The maximum atomic E-state index is 12.5. The Balaban J connectivity index is 3.22. The SMILES string of the molecule is CCCN(CC(=O)OC)S(=O)(=O)c1cc(C(=O)O)oc1C. The monoisotopic (exact) mass is 319 g/mol. The lowest BCUT2D eigenvalue weighted by atomic mass is 10.4. The molecule has 0 spiro atoms. The van der Waals surface area contributed by atoms with E-state index in [4.69, 9.17) is 9.52 Å². The summed E-state index contributed by atoms with van der Waals surface area (Å²) in [7, 11) is -2.88. The number of carboxylic acid groups (broad SMARTS) is 1. The number of esters is 1. The summed E-state index contributed by atoms with van der Waals surface area (Å²) in [4.78, 5) is 21.9. The number of carbonyl (C=O) groups excluding carboxylic acids is 1. The van der Waals surface area contributed by atoms with Crippen molar-refractivity contribution in [3.8, 4) is 0 Å². The lowest BCUT2D eigenvalue weighted by Crippen LogP contribution is -2.36. The maximum absolute atomic E-state index is 12.5. The van der Waals surface area contributed by atoms with E-state index >= 15 is 0 Å². The van der Waals surface area contributed by atoms with Crippen LogP contribution >= 0.6 is 0 Å². The maximum Gasteiger partial charge on any atom is 0.371 e. The van der Waals surface area contributed by atoms with E-state index in [9.17, 15) is 18.0 Å². The van der Waals surface area contributed by atoms with Crippen LogP contribution in [0.3, 0.4) is 0 Å². The summed E-state index contributed by atoms with van der Waals surface area (Å²) in [6.45, 7) is 2.76. The second-order valence-corrected chi connectivity index (χ2v) is 6.16.